The average Bonchev–Trinajstić information content (AvgIpc) is 3.43. The Morgan fingerprint density at radius 1 is 0.872 bits per heavy atom. The Hall–Kier alpha value is -2.17. The number of unbranched alkanes of at least 4 members (excludes halogenated alkanes) is 1. The van der Waals surface area contributed by atoms with E-state index in [1.165, 1.54) is 43.4 Å². The van der Waals surface area contributed by atoms with Gasteiger partial charge < -0.3 is 9.64 Å². The minimum atomic E-state index is 0.180. The molecular formula is C35H60N2O2. The lowest BCUT2D eigenvalue weighted by Gasteiger charge is -2.28. The standard InChI is InChI=1S/C25H32N2O2.C4H10.3C2H6/c1-20-6-4-14-27(20)15-5-17-29-24-11-9-22(10-12-24)25(28)19-26-16-13-21-7-2-3-8-23(21)18-26;1-3-4-2;3*1-2/h2-3,7-12,20H,4-6,13-19H2,1H3;3-4H2,1-2H3;3*1-2H3/t20-;;;;/m1..../s1. The molecule has 1 fully saturated rings. The molecule has 2 heterocycles. The van der Waals surface area contributed by atoms with Gasteiger partial charge in [-0.1, -0.05) is 92.5 Å². The molecule has 222 valence electrons. The third-order valence-electron chi connectivity index (χ3n) is 6.80. The number of carbonyl (C=O) groups is 1. The molecule has 39 heavy (non-hydrogen) atoms. The average molecular weight is 541 g/mol. The van der Waals surface area contributed by atoms with Gasteiger partial charge in [-0.2, -0.15) is 0 Å². The molecule has 1 saturated heterocycles. The number of fused-ring (bicyclic) bond motifs is 1. The summed E-state index contributed by atoms with van der Waals surface area (Å²) in [6, 6.07) is 16.9. The second-order valence-corrected chi connectivity index (χ2v) is 9.41. The molecule has 2 aromatic rings. The molecule has 2 aliphatic rings. The van der Waals surface area contributed by atoms with Crippen molar-refractivity contribution in [2.24, 2.45) is 0 Å². The van der Waals surface area contributed by atoms with E-state index in [9.17, 15) is 4.79 Å². The van der Waals surface area contributed by atoms with E-state index < -0.39 is 0 Å². The predicted octanol–water partition coefficient (Wildman–Crippen LogP) is 9.07. The van der Waals surface area contributed by atoms with Gasteiger partial charge >= 0.3 is 0 Å². The van der Waals surface area contributed by atoms with Crippen LogP contribution in [0.1, 0.15) is 116 Å². The zero-order valence-corrected chi connectivity index (χ0v) is 26.9. The lowest BCUT2D eigenvalue weighted by atomic mass is 9.99. The first kappa shape index (κ1) is 36.8. The molecule has 4 rings (SSSR count). The zero-order valence-electron chi connectivity index (χ0n) is 26.9. The molecule has 0 aromatic heterocycles. The van der Waals surface area contributed by atoms with Crippen LogP contribution < -0.4 is 4.74 Å². The van der Waals surface area contributed by atoms with Crippen molar-refractivity contribution in [1.29, 1.82) is 0 Å². The molecule has 1 atom stereocenters. The topological polar surface area (TPSA) is 32.8 Å². The molecule has 0 bridgehead atoms. The number of Topliss-reactive ketones (excluding diaryl/α,β-unsaturated/α-hetero) is 1. The summed E-state index contributed by atoms with van der Waals surface area (Å²) in [6.07, 6.45) is 7.34. The van der Waals surface area contributed by atoms with E-state index >= 15 is 0 Å². The Kier molecular flexibility index (Phi) is 22.4. The molecular weight excluding hydrogens is 480 g/mol. The van der Waals surface area contributed by atoms with Crippen molar-refractivity contribution in [1.82, 2.24) is 9.80 Å². The second-order valence-electron chi connectivity index (χ2n) is 9.41. The predicted molar refractivity (Wildman–Crippen MR) is 171 cm³/mol. The molecule has 0 radical (unpaired) electrons. The minimum Gasteiger partial charge on any atom is -0.494 e. The van der Waals surface area contributed by atoms with E-state index in [-0.39, 0.29) is 5.78 Å². The van der Waals surface area contributed by atoms with Crippen LogP contribution in [0, 0.1) is 0 Å². The molecule has 0 unspecified atom stereocenters. The van der Waals surface area contributed by atoms with Gasteiger partial charge in [0.2, 0.25) is 0 Å². The van der Waals surface area contributed by atoms with E-state index in [2.05, 4.69) is 54.8 Å². The number of hydrogen-bond donors (Lipinski definition) is 0. The van der Waals surface area contributed by atoms with E-state index in [1.54, 1.807) is 0 Å². The third kappa shape index (κ3) is 14.2. The normalized spacial score (nSPS) is 16.0. The summed E-state index contributed by atoms with van der Waals surface area (Å²) < 4.78 is 5.88. The molecule has 2 aliphatic heterocycles. The maximum Gasteiger partial charge on any atom is 0.176 e. The van der Waals surface area contributed by atoms with Crippen LogP contribution in [0.3, 0.4) is 0 Å². The summed E-state index contributed by atoms with van der Waals surface area (Å²) in [4.78, 5) is 17.5. The fourth-order valence-corrected chi connectivity index (χ4v) is 4.50. The Balaban J connectivity index is 0.00000128. The van der Waals surface area contributed by atoms with E-state index in [0.717, 1.165) is 50.4 Å². The number of ether oxygens (including phenoxy) is 1. The van der Waals surface area contributed by atoms with Crippen LogP contribution in [0.4, 0.5) is 0 Å². The molecule has 4 heteroatoms. The highest BCUT2D eigenvalue weighted by molar-refractivity contribution is 5.97. The second kappa shape index (κ2) is 23.7. The highest BCUT2D eigenvalue weighted by Crippen LogP contribution is 2.20. The van der Waals surface area contributed by atoms with Gasteiger partial charge in [0.1, 0.15) is 5.75 Å². The summed E-state index contributed by atoms with van der Waals surface area (Å²) in [5, 5.41) is 0. The number of ketones is 1. The van der Waals surface area contributed by atoms with E-state index in [1.807, 2.05) is 65.8 Å². The van der Waals surface area contributed by atoms with Gasteiger partial charge in [-0.25, -0.2) is 0 Å². The van der Waals surface area contributed by atoms with Crippen LogP contribution in [-0.4, -0.2) is 54.4 Å². The molecule has 4 nitrogen and oxygen atoms in total. The van der Waals surface area contributed by atoms with Gasteiger partial charge in [0.25, 0.3) is 0 Å². The van der Waals surface area contributed by atoms with E-state index in [4.69, 9.17) is 4.74 Å². The van der Waals surface area contributed by atoms with Crippen LogP contribution in [0.5, 0.6) is 5.75 Å². The molecule has 0 amide bonds. The molecule has 0 spiro atoms. The first-order valence-electron chi connectivity index (χ1n) is 15.9. The van der Waals surface area contributed by atoms with Crippen LogP contribution >= 0.6 is 0 Å². The van der Waals surface area contributed by atoms with Gasteiger partial charge in [-0.05, 0) is 74.5 Å². The van der Waals surface area contributed by atoms with Crippen molar-refractivity contribution in [2.75, 3.05) is 32.8 Å². The summed E-state index contributed by atoms with van der Waals surface area (Å²) in [5.41, 5.74) is 3.53. The maximum atomic E-state index is 12.7. The largest absolute Gasteiger partial charge is 0.494 e. The van der Waals surface area contributed by atoms with Crippen LogP contribution in [0.15, 0.2) is 48.5 Å². The summed E-state index contributed by atoms with van der Waals surface area (Å²) in [7, 11) is 0. The van der Waals surface area contributed by atoms with Crippen LogP contribution in [0.2, 0.25) is 0 Å². The number of hydrogen-bond acceptors (Lipinski definition) is 4. The number of nitrogens with zero attached hydrogens (tertiary/aromatic N) is 2. The number of benzene rings is 2. The van der Waals surface area contributed by atoms with Crippen molar-refractivity contribution < 1.29 is 9.53 Å². The maximum absolute atomic E-state index is 12.7. The highest BCUT2D eigenvalue weighted by atomic mass is 16.5. The Morgan fingerprint density at radius 3 is 2.05 bits per heavy atom. The fraction of sp³-hybridized carbons (Fsp3) is 0.629. The van der Waals surface area contributed by atoms with Gasteiger partial charge in [0, 0.05) is 31.2 Å². The Morgan fingerprint density at radius 2 is 1.49 bits per heavy atom. The highest BCUT2D eigenvalue weighted by Gasteiger charge is 2.20. The summed E-state index contributed by atoms with van der Waals surface area (Å²) in [5.74, 6) is 1.03. The van der Waals surface area contributed by atoms with E-state index in [0.29, 0.717) is 12.6 Å². The first-order chi connectivity index (χ1) is 19.1. The Bertz CT molecular complexity index is 848. The minimum absolute atomic E-state index is 0.180. The van der Waals surface area contributed by atoms with Crippen molar-refractivity contribution in [3.05, 3.63) is 65.2 Å². The van der Waals surface area contributed by atoms with Crippen molar-refractivity contribution in [3.63, 3.8) is 0 Å². The summed E-state index contributed by atoms with van der Waals surface area (Å²) >= 11 is 0. The van der Waals surface area contributed by atoms with Gasteiger partial charge in [0.05, 0.1) is 13.2 Å². The lowest BCUT2D eigenvalue weighted by molar-refractivity contribution is 0.0921. The van der Waals surface area contributed by atoms with Crippen molar-refractivity contribution in [3.8, 4) is 5.75 Å². The lowest BCUT2D eigenvalue weighted by Crippen LogP contribution is -2.34. The van der Waals surface area contributed by atoms with Gasteiger partial charge in [-0.15, -0.1) is 0 Å². The van der Waals surface area contributed by atoms with Crippen LogP contribution in [-0.2, 0) is 13.0 Å². The zero-order chi connectivity index (χ0) is 29.5. The van der Waals surface area contributed by atoms with Gasteiger partial charge in [0.15, 0.2) is 5.78 Å². The van der Waals surface area contributed by atoms with Crippen molar-refractivity contribution >= 4 is 5.78 Å². The van der Waals surface area contributed by atoms with Gasteiger partial charge in [-0.3, -0.25) is 9.69 Å². The quantitative estimate of drug-likeness (QED) is 0.235. The number of likely N-dealkylation sites (tertiary alicyclic amines) is 1. The molecule has 0 aliphatic carbocycles. The summed E-state index contributed by atoms with van der Waals surface area (Å²) in [6.45, 7) is 24.0. The first-order valence-corrected chi connectivity index (χ1v) is 15.9. The SMILES string of the molecule is CC.CC.CC.CCCC.C[C@@H]1CCCN1CCCOc1ccc(C(=O)CN2CCc3ccccc3C2)cc1. The smallest absolute Gasteiger partial charge is 0.176 e. The van der Waals surface area contributed by atoms with Crippen molar-refractivity contribution in [2.45, 2.75) is 113 Å². The monoisotopic (exact) mass is 540 g/mol. The molecule has 2 aromatic carbocycles. The molecule has 0 saturated carbocycles. The molecule has 0 N–H and O–H groups in total. The number of carbonyl (C=O) groups excluding carboxylic acids is 1. The third-order valence-corrected chi connectivity index (χ3v) is 6.80. The fourth-order valence-electron chi connectivity index (χ4n) is 4.50. The van der Waals surface area contributed by atoms with Crippen LogP contribution in [0.25, 0.3) is 0 Å². The Labute approximate surface area is 242 Å². The number of rotatable bonds is 9.